The highest BCUT2D eigenvalue weighted by atomic mass is 16.5. The van der Waals surface area contributed by atoms with E-state index in [0.717, 1.165) is 45.4 Å². The van der Waals surface area contributed by atoms with Crippen LogP contribution in [0.2, 0.25) is 0 Å². The average molecular weight is 560 g/mol. The van der Waals surface area contributed by atoms with E-state index in [0.29, 0.717) is 41.4 Å². The molecule has 0 spiro atoms. The Morgan fingerprint density at radius 1 is 1.12 bits per heavy atom. The van der Waals surface area contributed by atoms with Crippen molar-refractivity contribution in [1.82, 2.24) is 29.6 Å². The molecule has 1 aliphatic heterocycles. The highest BCUT2D eigenvalue weighted by Gasteiger charge is 2.23. The summed E-state index contributed by atoms with van der Waals surface area (Å²) in [6.45, 7) is 9.25. The molecule has 4 aromatic rings. The highest BCUT2D eigenvalue weighted by Crippen LogP contribution is 2.37. The number of hydrogen-bond acceptors (Lipinski definition) is 8. The Bertz CT molecular complexity index is 1740. The van der Waals surface area contributed by atoms with Gasteiger partial charge in [0.1, 0.15) is 5.49 Å². The molecule has 1 amide bonds. The molecule has 1 aliphatic rings. The number of carbonyl (C=O) groups is 1. The Kier molecular flexibility index (Phi) is 7.64. The SMILES string of the molecule is CCOc1cc2c(cc1OC)-c1cc(=Nc3c(C)cc(C)cc3C)n(CCNC(=O)c3cn(O)nn3)c(=O)n1CC2. The van der Waals surface area contributed by atoms with E-state index < -0.39 is 5.91 Å². The topological polar surface area (TPSA) is 138 Å². The standard InChI is InChI=1S/C29H33N7O5/c1-6-41-25-13-20-7-9-34-23(21(20)14-24(25)40-5)15-26(31-27-18(3)11-17(2)12-19(27)4)35(29(34)38)10-8-30-28(37)22-16-36(39)33-32-22/h11-16,39H,6-10H2,1-5H3,(H,30,37). The first kappa shape index (κ1) is 27.7. The molecule has 0 atom stereocenters. The molecule has 214 valence electrons. The zero-order chi connectivity index (χ0) is 29.3. The van der Waals surface area contributed by atoms with E-state index >= 15 is 0 Å². The predicted octanol–water partition coefficient (Wildman–Crippen LogP) is 2.70. The first-order valence-corrected chi connectivity index (χ1v) is 13.4. The molecule has 0 saturated heterocycles. The number of hydrogen-bond donors (Lipinski definition) is 2. The van der Waals surface area contributed by atoms with Crippen LogP contribution in [0.3, 0.4) is 0 Å². The normalized spacial score (nSPS) is 12.6. The van der Waals surface area contributed by atoms with Crippen molar-refractivity contribution >= 4 is 11.6 Å². The molecule has 0 fully saturated rings. The maximum atomic E-state index is 14.0. The van der Waals surface area contributed by atoms with E-state index in [2.05, 4.69) is 27.8 Å². The van der Waals surface area contributed by atoms with Gasteiger partial charge in [-0.25, -0.2) is 9.79 Å². The Morgan fingerprint density at radius 2 is 1.88 bits per heavy atom. The molecule has 0 unspecified atom stereocenters. The Morgan fingerprint density at radius 3 is 2.54 bits per heavy atom. The van der Waals surface area contributed by atoms with Crippen LogP contribution in [0, 0.1) is 20.8 Å². The molecule has 0 radical (unpaired) electrons. The second kappa shape index (κ2) is 11.3. The van der Waals surface area contributed by atoms with Crippen LogP contribution in [0.5, 0.6) is 11.5 Å². The summed E-state index contributed by atoms with van der Waals surface area (Å²) < 4.78 is 14.7. The van der Waals surface area contributed by atoms with Crippen molar-refractivity contribution in [2.24, 2.45) is 4.99 Å². The monoisotopic (exact) mass is 559 g/mol. The first-order chi connectivity index (χ1) is 19.7. The number of methoxy groups -OCH3 is 1. The lowest BCUT2D eigenvalue weighted by molar-refractivity contribution is 0.0945. The Labute approximate surface area is 236 Å². The molecule has 12 heteroatoms. The van der Waals surface area contributed by atoms with Gasteiger partial charge in [-0.2, -0.15) is 0 Å². The van der Waals surface area contributed by atoms with E-state index in [1.165, 1.54) is 0 Å². The van der Waals surface area contributed by atoms with Crippen molar-refractivity contribution in [3.8, 4) is 22.8 Å². The number of aromatic nitrogens is 5. The second-order valence-corrected chi connectivity index (χ2v) is 9.96. The maximum absolute atomic E-state index is 14.0. The summed E-state index contributed by atoms with van der Waals surface area (Å²) in [5, 5.41) is 19.0. The Balaban J connectivity index is 1.63. The second-order valence-electron chi connectivity index (χ2n) is 9.96. The number of fused-ring (bicyclic) bond motifs is 3. The molecule has 5 rings (SSSR count). The third kappa shape index (κ3) is 5.45. The maximum Gasteiger partial charge on any atom is 0.330 e. The van der Waals surface area contributed by atoms with E-state index in [9.17, 15) is 14.8 Å². The summed E-state index contributed by atoms with van der Waals surface area (Å²) in [6, 6.07) is 9.93. The molecule has 2 aromatic carbocycles. The van der Waals surface area contributed by atoms with Gasteiger partial charge in [0.15, 0.2) is 17.2 Å². The lowest BCUT2D eigenvalue weighted by Gasteiger charge is -2.25. The summed E-state index contributed by atoms with van der Waals surface area (Å²) in [4.78, 5) is 31.9. The molecule has 0 saturated carbocycles. The molecule has 0 bridgehead atoms. The summed E-state index contributed by atoms with van der Waals surface area (Å²) >= 11 is 0. The zero-order valence-corrected chi connectivity index (χ0v) is 23.8. The van der Waals surface area contributed by atoms with E-state index in [1.54, 1.807) is 16.2 Å². The zero-order valence-electron chi connectivity index (χ0n) is 23.8. The van der Waals surface area contributed by atoms with Gasteiger partial charge in [-0.05, 0) is 68.2 Å². The lowest BCUT2D eigenvalue weighted by atomic mass is 9.97. The third-order valence-corrected chi connectivity index (χ3v) is 7.06. The van der Waals surface area contributed by atoms with Crippen LogP contribution in [-0.4, -0.2) is 55.7 Å². The van der Waals surface area contributed by atoms with Gasteiger partial charge in [0.05, 0.1) is 31.3 Å². The third-order valence-electron chi connectivity index (χ3n) is 7.06. The number of carbonyl (C=O) groups excluding carboxylic acids is 1. The highest BCUT2D eigenvalue weighted by molar-refractivity contribution is 5.91. The van der Waals surface area contributed by atoms with Crippen molar-refractivity contribution < 1.29 is 19.5 Å². The van der Waals surface area contributed by atoms with Gasteiger partial charge in [0.25, 0.3) is 5.91 Å². The number of nitrogens with zero attached hydrogens (tertiary/aromatic N) is 6. The first-order valence-electron chi connectivity index (χ1n) is 13.4. The van der Waals surface area contributed by atoms with Crippen LogP contribution < -0.4 is 26.0 Å². The molecule has 2 aromatic heterocycles. The molecule has 0 aliphatic carbocycles. The van der Waals surface area contributed by atoms with Crippen LogP contribution in [-0.2, 0) is 19.5 Å². The summed E-state index contributed by atoms with van der Waals surface area (Å²) in [6.07, 6.45) is 1.75. The van der Waals surface area contributed by atoms with Gasteiger partial charge < -0.3 is 20.0 Å². The smallest absolute Gasteiger partial charge is 0.330 e. The van der Waals surface area contributed by atoms with Crippen LogP contribution in [0.15, 0.2) is 46.3 Å². The Hall–Kier alpha value is -4.87. The molecular formula is C29H33N7O5. The molecular weight excluding hydrogens is 526 g/mol. The molecule has 41 heavy (non-hydrogen) atoms. The van der Waals surface area contributed by atoms with E-state index in [4.69, 9.17) is 14.5 Å². The number of amides is 1. The van der Waals surface area contributed by atoms with Crippen LogP contribution >= 0.6 is 0 Å². The number of rotatable bonds is 8. The minimum atomic E-state index is -0.515. The quantitative estimate of drug-likeness (QED) is 0.317. The van der Waals surface area contributed by atoms with Crippen LogP contribution in [0.1, 0.15) is 39.7 Å². The molecule has 2 N–H and O–H groups in total. The number of nitrogens with one attached hydrogen (secondary N) is 1. The van der Waals surface area contributed by atoms with Crippen molar-refractivity contribution in [2.45, 2.75) is 47.2 Å². The van der Waals surface area contributed by atoms with Gasteiger partial charge >= 0.3 is 5.69 Å². The van der Waals surface area contributed by atoms with Gasteiger partial charge in [0, 0.05) is 31.3 Å². The largest absolute Gasteiger partial charge is 0.493 e. The molecule has 12 nitrogen and oxygen atoms in total. The van der Waals surface area contributed by atoms with Crippen molar-refractivity contribution in [3.63, 3.8) is 0 Å². The van der Waals surface area contributed by atoms with Crippen molar-refractivity contribution in [1.29, 1.82) is 0 Å². The number of ether oxygens (including phenoxy) is 2. The van der Waals surface area contributed by atoms with Gasteiger partial charge in [-0.15, -0.1) is 5.10 Å². The fourth-order valence-electron chi connectivity index (χ4n) is 5.27. The fourth-order valence-corrected chi connectivity index (χ4v) is 5.27. The lowest BCUT2D eigenvalue weighted by Crippen LogP contribution is -2.44. The summed E-state index contributed by atoms with van der Waals surface area (Å²) in [5.41, 5.74) is 6.78. The minimum absolute atomic E-state index is 0.0348. The van der Waals surface area contributed by atoms with Crippen molar-refractivity contribution in [2.75, 3.05) is 20.3 Å². The van der Waals surface area contributed by atoms with Crippen LogP contribution in [0.25, 0.3) is 11.3 Å². The fraction of sp³-hybridized carbons (Fsp3) is 0.345. The number of benzene rings is 2. The number of aryl methyl sites for hydroxylation is 4. The summed E-state index contributed by atoms with van der Waals surface area (Å²) in [5.74, 6) is 0.747. The minimum Gasteiger partial charge on any atom is -0.493 e. The molecule has 3 heterocycles. The van der Waals surface area contributed by atoms with Crippen molar-refractivity contribution in [3.05, 3.63) is 80.4 Å². The van der Waals surface area contributed by atoms with Crippen LogP contribution in [0.4, 0.5) is 5.69 Å². The van der Waals surface area contributed by atoms with Gasteiger partial charge in [-0.3, -0.25) is 13.9 Å². The summed E-state index contributed by atoms with van der Waals surface area (Å²) in [7, 11) is 1.60. The van der Waals surface area contributed by atoms with E-state index in [1.807, 2.05) is 45.9 Å². The van der Waals surface area contributed by atoms with Gasteiger partial charge in [0.2, 0.25) is 0 Å². The average Bonchev–Trinajstić information content (AvgIpc) is 3.38. The predicted molar refractivity (Wildman–Crippen MR) is 151 cm³/mol. The van der Waals surface area contributed by atoms with Gasteiger partial charge in [-0.1, -0.05) is 22.5 Å². The van der Waals surface area contributed by atoms with E-state index in [-0.39, 0.29) is 24.5 Å².